The Bertz CT molecular complexity index is 524. The van der Waals surface area contributed by atoms with Crippen LogP contribution in [-0.2, 0) is 9.53 Å². The third-order valence-corrected chi connectivity index (χ3v) is 3.70. The molecule has 0 saturated carbocycles. The molecule has 1 aromatic rings. The lowest BCUT2D eigenvalue weighted by Gasteiger charge is -2.16. The summed E-state index contributed by atoms with van der Waals surface area (Å²) in [5.41, 5.74) is 0.563. The summed E-state index contributed by atoms with van der Waals surface area (Å²) in [6, 6.07) is 1.73. The maximum atomic E-state index is 12.1. The smallest absolute Gasteiger partial charge is 0.254 e. The molecule has 1 N–H and O–H groups in total. The van der Waals surface area contributed by atoms with E-state index in [1.54, 1.807) is 25.0 Å². The van der Waals surface area contributed by atoms with Gasteiger partial charge in [-0.2, -0.15) is 0 Å². The number of amides is 2. The highest BCUT2D eigenvalue weighted by Gasteiger charge is 2.29. The number of carbonyl (C=O) groups is 2. The predicted octanol–water partition coefficient (Wildman–Crippen LogP) is 1.12. The molecule has 2 rings (SSSR count). The van der Waals surface area contributed by atoms with Gasteiger partial charge in [0.2, 0.25) is 5.91 Å². The standard InChI is InChI=1S/C15H22N2O4/c1-10-6-13(11(2)21-10)15(19)16-8-12-7-14(18)17(9-12)4-5-20-3/h6,12H,4-5,7-9H2,1-3H3,(H,16,19)/t12-/m1/s1. The SMILES string of the molecule is COCCN1C[C@@H](CNC(=O)c2cc(C)oc2C)CC1=O. The first-order valence-electron chi connectivity index (χ1n) is 7.13. The lowest BCUT2D eigenvalue weighted by Crippen LogP contribution is -2.32. The van der Waals surface area contributed by atoms with Crippen molar-refractivity contribution in [2.75, 3.05) is 33.4 Å². The van der Waals surface area contributed by atoms with Crippen LogP contribution in [0, 0.1) is 19.8 Å². The number of rotatable bonds is 6. The topological polar surface area (TPSA) is 71.8 Å². The first-order valence-corrected chi connectivity index (χ1v) is 7.13. The second-order valence-corrected chi connectivity index (χ2v) is 5.44. The molecule has 1 aromatic heterocycles. The van der Waals surface area contributed by atoms with Gasteiger partial charge >= 0.3 is 0 Å². The summed E-state index contributed by atoms with van der Waals surface area (Å²) in [6.45, 7) is 5.91. The molecule has 0 spiro atoms. The summed E-state index contributed by atoms with van der Waals surface area (Å²) in [4.78, 5) is 25.7. The van der Waals surface area contributed by atoms with Crippen LogP contribution >= 0.6 is 0 Å². The molecule has 0 aromatic carbocycles. The van der Waals surface area contributed by atoms with Crippen LogP contribution in [0.15, 0.2) is 10.5 Å². The van der Waals surface area contributed by atoms with Crippen molar-refractivity contribution >= 4 is 11.8 Å². The van der Waals surface area contributed by atoms with E-state index in [2.05, 4.69) is 5.32 Å². The molecular weight excluding hydrogens is 272 g/mol. The maximum Gasteiger partial charge on any atom is 0.254 e. The van der Waals surface area contributed by atoms with Gasteiger partial charge in [0.1, 0.15) is 11.5 Å². The number of furan rings is 1. The van der Waals surface area contributed by atoms with Crippen molar-refractivity contribution in [3.63, 3.8) is 0 Å². The lowest BCUT2D eigenvalue weighted by atomic mass is 10.1. The Morgan fingerprint density at radius 3 is 2.90 bits per heavy atom. The van der Waals surface area contributed by atoms with E-state index < -0.39 is 0 Å². The molecule has 1 aliphatic heterocycles. The average Bonchev–Trinajstić information content (AvgIpc) is 2.96. The Morgan fingerprint density at radius 2 is 2.29 bits per heavy atom. The van der Waals surface area contributed by atoms with Gasteiger partial charge < -0.3 is 19.4 Å². The molecule has 1 aliphatic rings. The lowest BCUT2D eigenvalue weighted by molar-refractivity contribution is -0.128. The fourth-order valence-electron chi connectivity index (χ4n) is 2.60. The van der Waals surface area contributed by atoms with Crippen LogP contribution < -0.4 is 5.32 Å². The number of nitrogens with one attached hydrogen (secondary N) is 1. The normalized spacial score (nSPS) is 18.3. The Balaban J connectivity index is 1.82. The number of aryl methyl sites for hydroxylation is 2. The minimum atomic E-state index is -0.146. The Kier molecular flexibility index (Phi) is 5.01. The van der Waals surface area contributed by atoms with Crippen molar-refractivity contribution in [3.8, 4) is 0 Å². The number of nitrogens with zero attached hydrogens (tertiary/aromatic N) is 1. The zero-order chi connectivity index (χ0) is 15.4. The van der Waals surface area contributed by atoms with Crippen molar-refractivity contribution in [2.24, 2.45) is 5.92 Å². The number of methoxy groups -OCH3 is 1. The number of hydrogen-bond donors (Lipinski definition) is 1. The summed E-state index contributed by atoms with van der Waals surface area (Å²) >= 11 is 0. The van der Waals surface area contributed by atoms with Crippen molar-refractivity contribution in [1.82, 2.24) is 10.2 Å². The van der Waals surface area contributed by atoms with Gasteiger partial charge in [-0.3, -0.25) is 9.59 Å². The van der Waals surface area contributed by atoms with Crippen molar-refractivity contribution in [2.45, 2.75) is 20.3 Å². The third-order valence-electron chi connectivity index (χ3n) is 3.70. The Hall–Kier alpha value is -1.82. The molecule has 0 radical (unpaired) electrons. The highest BCUT2D eigenvalue weighted by molar-refractivity contribution is 5.95. The van der Waals surface area contributed by atoms with Crippen LogP contribution in [0.25, 0.3) is 0 Å². The van der Waals surface area contributed by atoms with Gasteiger partial charge in [0, 0.05) is 39.1 Å². The third kappa shape index (κ3) is 3.85. The molecule has 6 nitrogen and oxygen atoms in total. The van der Waals surface area contributed by atoms with Gasteiger partial charge in [-0.25, -0.2) is 0 Å². The van der Waals surface area contributed by atoms with Crippen LogP contribution in [0.4, 0.5) is 0 Å². The molecular formula is C15H22N2O4. The maximum absolute atomic E-state index is 12.1. The van der Waals surface area contributed by atoms with Crippen LogP contribution in [0.3, 0.4) is 0 Å². The summed E-state index contributed by atoms with van der Waals surface area (Å²) in [5.74, 6) is 1.48. The highest BCUT2D eigenvalue weighted by atomic mass is 16.5. The van der Waals surface area contributed by atoms with Gasteiger partial charge in [-0.1, -0.05) is 0 Å². The summed E-state index contributed by atoms with van der Waals surface area (Å²) in [5, 5.41) is 2.88. The molecule has 0 bridgehead atoms. The number of likely N-dealkylation sites (tertiary alicyclic amines) is 1. The van der Waals surface area contributed by atoms with E-state index in [1.165, 1.54) is 0 Å². The first-order chi connectivity index (χ1) is 10.0. The highest BCUT2D eigenvalue weighted by Crippen LogP contribution is 2.17. The predicted molar refractivity (Wildman–Crippen MR) is 77.1 cm³/mol. The zero-order valence-corrected chi connectivity index (χ0v) is 12.8. The Morgan fingerprint density at radius 1 is 1.52 bits per heavy atom. The van der Waals surface area contributed by atoms with Gasteiger partial charge in [-0.15, -0.1) is 0 Å². The van der Waals surface area contributed by atoms with E-state index in [0.29, 0.717) is 44.0 Å². The average molecular weight is 294 g/mol. The van der Waals surface area contributed by atoms with E-state index in [-0.39, 0.29) is 17.7 Å². The monoisotopic (exact) mass is 294 g/mol. The van der Waals surface area contributed by atoms with Crippen LogP contribution in [0.5, 0.6) is 0 Å². The van der Waals surface area contributed by atoms with Crippen molar-refractivity contribution in [1.29, 1.82) is 0 Å². The van der Waals surface area contributed by atoms with Crippen molar-refractivity contribution in [3.05, 3.63) is 23.2 Å². The summed E-state index contributed by atoms with van der Waals surface area (Å²) in [7, 11) is 1.62. The molecule has 6 heteroatoms. The number of hydrogen-bond acceptors (Lipinski definition) is 4. The van der Waals surface area contributed by atoms with E-state index >= 15 is 0 Å². The van der Waals surface area contributed by atoms with Crippen LogP contribution in [0.2, 0.25) is 0 Å². The largest absolute Gasteiger partial charge is 0.466 e. The number of carbonyl (C=O) groups excluding carboxylic acids is 2. The molecule has 21 heavy (non-hydrogen) atoms. The van der Waals surface area contributed by atoms with Gasteiger partial charge in [0.05, 0.1) is 12.2 Å². The van der Waals surface area contributed by atoms with E-state index in [0.717, 1.165) is 5.76 Å². The first kappa shape index (κ1) is 15.6. The fourth-order valence-corrected chi connectivity index (χ4v) is 2.60. The molecule has 1 atom stereocenters. The van der Waals surface area contributed by atoms with Crippen LogP contribution in [-0.4, -0.2) is 50.1 Å². The minimum Gasteiger partial charge on any atom is -0.466 e. The molecule has 0 unspecified atom stereocenters. The molecule has 1 fully saturated rings. The van der Waals surface area contributed by atoms with E-state index in [9.17, 15) is 9.59 Å². The quantitative estimate of drug-likeness (QED) is 0.853. The van der Waals surface area contributed by atoms with E-state index in [1.807, 2.05) is 6.92 Å². The van der Waals surface area contributed by atoms with Gasteiger partial charge in [0.25, 0.3) is 5.91 Å². The van der Waals surface area contributed by atoms with Gasteiger partial charge in [0.15, 0.2) is 0 Å². The minimum absolute atomic E-state index is 0.127. The molecule has 1 saturated heterocycles. The number of ether oxygens (including phenoxy) is 1. The fraction of sp³-hybridized carbons (Fsp3) is 0.600. The summed E-state index contributed by atoms with van der Waals surface area (Å²) < 4.78 is 10.3. The molecule has 2 amide bonds. The van der Waals surface area contributed by atoms with Crippen molar-refractivity contribution < 1.29 is 18.7 Å². The Labute approximate surface area is 124 Å². The van der Waals surface area contributed by atoms with Crippen LogP contribution in [0.1, 0.15) is 28.3 Å². The molecule has 0 aliphatic carbocycles. The summed E-state index contributed by atoms with van der Waals surface area (Å²) in [6.07, 6.45) is 0.480. The molecule has 2 heterocycles. The van der Waals surface area contributed by atoms with E-state index in [4.69, 9.17) is 9.15 Å². The second kappa shape index (κ2) is 6.76. The van der Waals surface area contributed by atoms with Gasteiger partial charge in [-0.05, 0) is 19.9 Å². The molecule has 116 valence electrons. The second-order valence-electron chi connectivity index (χ2n) is 5.44. The zero-order valence-electron chi connectivity index (χ0n) is 12.8.